The van der Waals surface area contributed by atoms with Gasteiger partial charge in [0.15, 0.2) is 0 Å². The number of aliphatic hydroxyl groups excluding tert-OH is 2. The van der Waals surface area contributed by atoms with E-state index >= 15 is 0 Å². The van der Waals surface area contributed by atoms with Crippen molar-refractivity contribution in [2.75, 3.05) is 6.26 Å². The molecule has 1 saturated heterocycles. The van der Waals surface area contributed by atoms with Gasteiger partial charge in [0.2, 0.25) is 0 Å². The van der Waals surface area contributed by atoms with Crippen molar-refractivity contribution in [3.63, 3.8) is 0 Å². The van der Waals surface area contributed by atoms with Crippen LogP contribution in [-0.4, -0.2) is 40.2 Å². The molecular formula is C8H16O3S. The molecule has 1 aliphatic heterocycles. The maximum Gasteiger partial charge on any atom is 0.131 e. The predicted octanol–water partition coefficient (Wildman–Crippen LogP) is 0.452. The molecule has 0 bridgehead atoms. The average Bonchev–Trinajstić information content (AvgIpc) is 2.08. The van der Waals surface area contributed by atoms with Gasteiger partial charge in [0, 0.05) is 5.92 Å². The molecule has 12 heavy (non-hydrogen) atoms. The zero-order valence-corrected chi connectivity index (χ0v) is 8.41. The minimum atomic E-state index is -0.758. The van der Waals surface area contributed by atoms with Crippen LogP contribution in [0.3, 0.4) is 0 Å². The Labute approximate surface area is 77.1 Å². The van der Waals surface area contributed by atoms with Crippen molar-refractivity contribution in [1.29, 1.82) is 0 Å². The summed E-state index contributed by atoms with van der Waals surface area (Å²) >= 11 is 1.43. The van der Waals surface area contributed by atoms with Gasteiger partial charge in [0.1, 0.15) is 11.5 Å². The Morgan fingerprint density at radius 2 is 1.75 bits per heavy atom. The highest BCUT2D eigenvalue weighted by Gasteiger charge is 2.39. The molecule has 0 saturated carbocycles. The first-order chi connectivity index (χ1) is 5.57. The molecular weight excluding hydrogens is 176 g/mol. The van der Waals surface area contributed by atoms with Crippen LogP contribution in [0.25, 0.3) is 0 Å². The summed E-state index contributed by atoms with van der Waals surface area (Å²) in [5, 5.41) is 19.1. The molecule has 72 valence electrons. The van der Waals surface area contributed by atoms with Gasteiger partial charge in [-0.3, -0.25) is 0 Å². The van der Waals surface area contributed by atoms with Gasteiger partial charge < -0.3 is 14.9 Å². The summed E-state index contributed by atoms with van der Waals surface area (Å²) in [5.74, 6) is 0.00315. The zero-order valence-electron chi connectivity index (χ0n) is 7.60. The molecule has 0 aromatic rings. The summed E-state index contributed by atoms with van der Waals surface area (Å²) < 4.78 is 5.48. The Kier molecular flexibility index (Phi) is 3.40. The molecule has 4 heteroatoms. The van der Waals surface area contributed by atoms with Gasteiger partial charge in [-0.2, -0.15) is 0 Å². The third-order valence-corrected chi connectivity index (χ3v) is 3.34. The lowest BCUT2D eigenvalue weighted by Crippen LogP contribution is -2.51. The third-order valence-electron chi connectivity index (χ3n) is 2.49. The molecule has 0 spiro atoms. The second-order valence-corrected chi connectivity index (χ2v) is 4.22. The van der Waals surface area contributed by atoms with E-state index in [9.17, 15) is 10.2 Å². The molecule has 0 radical (unpaired) electrons. The number of hydrogen-bond donors (Lipinski definition) is 2. The Morgan fingerprint density at radius 1 is 1.17 bits per heavy atom. The standard InChI is InChI=1S/C8H16O3S/c1-4-5(2)11-8(12-3)7(10)6(4)9/h4-10H,1-3H3/t4-,5-,6+,7+,8-/m0/s1. The van der Waals surface area contributed by atoms with Crippen LogP contribution in [0, 0.1) is 5.92 Å². The molecule has 5 atom stereocenters. The fourth-order valence-corrected chi connectivity index (χ4v) is 2.09. The van der Waals surface area contributed by atoms with Gasteiger partial charge in [0.25, 0.3) is 0 Å². The molecule has 2 N–H and O–H groups in total. The highest BCUT2D eigenvalue weighted by atomic mass is 32.2. The maximum atomic E-state index is 9.57. The second kappa shape index (κ2) is 3.96. The molecule has 1 fully saturated rings. The molecule has 0 aliphatic carbocycles. The molecule has 1 rings (SSSR count). The van der Waals surface area contributed by atoms with Crippen LogP contribution >= 0.6 is 11.8 Å². The smallest absolute Gasteiger partial charge is 0.131 e. The lowest BCUT2D eigenvalue weighted by Gasteiger charge is -2.39. The zero-order chi connectivity index (χ0) is 9.30. The highest BCUT2D eigenvalue weighted by Crippen LogP contribution is 2.29. The fourth-order valence-electron chi connectivity index (χ4n) is 1.36. The van der Waals surface area contributed by atoms with E-state index in [0.717, 1.165) is 0 Å². The van der Waals surface area contributed by atoms with Crippen molar-refractivity contribution in [3.8, 4) is 0 Å². The van der Waals surface area contributed by atoms with Crippen LogP contribution in [0.1, 0.15) is 13.8 Å². The average molecular weight is 192 g/mol. The number of hydrogen-bond acceptors (Lipinski definition) is 4. The van der Waals surface area contributed by atoms with E-state index in [4.69, 9.17) is 4.74 Å². The number of aliphatic hydroxyl groups is 2. The van der Waals surface area contributed by atoms with Crippen LogP contribution in [0.2, 0.25) is 0 Å². The summed E-state index contributed by atoms with van der Waals surface area (Å²) in [5.41, 5.74) is -0.286. The molecule has 0 aromatic heterocycles. The molecule has 3 nitrogen and oxygen atoms in total. The highest BCUT2D eigenvalue weighted by molar-refractivity contribution is 7.99. The van der Waals surface area contributed by atoms with E-state index < -0.39 is 12.2 Å². The van der Waals surface area contributed by atoms with E-state index in [0.29, 0.717) is 0 Å². The SMILES string of the molecule is CS[C@@H]1O[C@@H](C)[C@H](C)[C@@H](O)[C@H]1O. The van der Waals surface area contributed by atoms with Crippen molar-refractivity contribution in [1.82, 2.24) is 0 Å². The largest absolute Gasteiger partial charge is 0.390 e. The van der Waals surface area contributed by atoms with Crippen LogP contribution in [-0.2, 0) is 4.74 Å². The minimum Gasteiger partial charge on any atom is -0.390 e. The summed E-state index contributed by atoms with van der Waals surface area (Å²) in [6, 6.07) is 0. The Balaban J connectivity index is 2.63. The topological polar surface area (TPSA) is 49.7 Å². The van der Waals surface area contributed by atoms with E-state index in [1.165, 1.54) is 11.8 Å². The quantitative estimate of drug-likeness (QED) is 0.633. The molecule has 0 aromatic carbocycles. The van der Waals surface area contributed by atoms with Gasteiger partial charge in [-0.15, -0.1) is 11.8 Å². The van der Waals surface area contributed by atoms with Gasteiger partial charge in [0.05, 0.1) is 12.2 Å². The van der Waals surface area contributed by atoms with Gasteiger partial charge >= 0.3 is 0 Å². The van der Waals surface area contributed by atoms with Gasteiger partial charge in [-0.05, 0) is 13.2 Å². The first-order valence-electron chi connectivity index (χ1n) is 4.12. The van der Waals surface area contributed by atoms with Crippen molar-refractivity contribution < 1.29 is 14.9 Å². The predicted molar refractivity (Wildman–Crippen MR) is 49.0 cm³/mol. The van der Waals surface area contributed by atoms with Crippen molar-refractivity contribution in [3.05, 3.63) is 0 Å². The summed E-state index contributed by atoms with van der Waals surface area (Å²) in [6.07, 6.45) is 0.460. The summed E-state index contributed by atoms with van der Waals surface area (Å²) in [6.45, 7) is 3.80. The normalized spacial score (nSPS) is 49.2. The molecule has 1 aliphatic rings. The number of thioether (sulfide) groups is 1. The van der Waals surface area contributed by atoms with Gasteiger partial charge in [-0.1, -0.05) is 6.92 Å². The monoisotopic (exact) mass is 192 g/mol. The maximum absolute atomic E-state index is 9.57. The lowest BCUT2D eigenvalue weighted by molar-refractivity contribution is -0.160. The minimum absolute atomic E-state index is 0.00315. The first kappa shape index (κ1) is 10.3. The van der Waals surface area contributed by atoms with E-state index in [-0.39, 0.29) is 17.5 Å². The summed E-state index contributed by atoms with van der Waals surface area (Å²) in [4.78, 5) is 0. The molecule has 0 amide bonds. The molecule has 0 unspecified atom stereocenters. The van der Waals surface area contributed by atoms with Crippen LogP contribution < -0.4 is 0 Å². The number of rotatable bonds is 1. The Bertz CT molecular complexity index is 148. The molecule has 1 heterocycles. The van der Waals surface area contributed by atoms with Crippen molar-refractivity contribution in [2.45, 2.75) is 37.6 Å². The van der Waals surface area contributed by atoms with Crippen LogP contribution in [0.15, 0.2) is 0 Å². The van der Waals surface area contributed by atoms with Crippen LogP contribution in [0.4, 0.5) is 0 Å². The van der Waals surface area contributed by atoms with Crippen LogP contribution in [0.5, 0.6) is 0 Å². The van der Waals surface area contributed by atoms with E-state index in [1.807, 2.05) is 20.1 Å². The van der Waals surface area contributed by atoms with E-state index in [1.54, 1.807) is 0 Å². The summed E-state index contributed by atoms with van der Waals surface area (Å²) in [7, 11) is 0. The number of ether oxygens (including phenoxy) is 1. The van der Waals surface area contributed by atoms with Gasteiger partial charge in [-0.25, -0.2) is 0 Å². The van der Waals surface area contributed by atoms with Crippen molar-refractivity contribution >= 4 is 11.8 Å². The fraction of sp³-hybridized carbons (Fsp3) is 1.00. The second-order valence-electron chi connectivity index (χ2n) is 3.29. The Hall–Kier alpha value is 0.230. The Morgan fingerprint density at radius 3 is 2.25 bits per heavy atom. The third kappa shape index (κ3) is 1.76. The van der Waals surface area contributed by atoms with Crippen molar-refractivity contribution in [2.24, 2.45) is 5.92 Å². The lowest BCUT2D eigenvalue weighted by atomic mass is 9.92. The van der Waals surface area contributed by atoms with E-state index in [2.05, 4.69) is 0 Å². The first-order valence-corrected chi connectivity index (χ1v) is 5.41.